The van der Waals surface area contributed by atoms with Gasteiger partial charge in [-0.2, -0.15) is 15.0 Å². The second-order valence-corrected chi connectivity index (χ2v) is 3.99. The summed E-state index contributed by atoms with van der Waals surface area (Å²) in [5, 5.41) is 8.75. The second-order valence-electron chi connectivity index (χ2n) is 3.99. The van der Waals surface area contributed by atoms with Gasteiger partial charge < -0.3 is 0 Å². The molecule has 2 aromatic heterocycles. The molecule has 0 aliphatic carbocycles. The summed E-state index contributed by atoms with van der Waals surface area (Å²) in [7, 11) is 0. The Balaban J connectivity index is 1.65. The summed E-state index contributed by atoms with van der Waals surface area (Å²) in [6.07, 6.45) is 3.45. The molecule has 0 spiro atoms. The van der Waals surface area contributed by atoms with Gasteiger partial charge in [-0.25, -0.2) is 4.98 Å². The molecule has 0 bridgehead atoms. The van der Waals surface area contributed by atoms with E-state index in [4.69, 9.17) is 0 Å². The summed E-state index contributed by atoms with van der Waals surface area (Å²) in [6.45, 7) is 0.679. The summed E-state index contributed by atoms with van der Waals surface area (Å²) < 4.78 is 0. The topological polar surface area (TPSA) is 43.6 Å². The van der Waals surface area contributed by atoms with Gasteiger partial charge in [0.1, 0.15) is 16.7 Å². The van der Waals surface area contributed by atoms with Gasteiger partial charge in [-0.3, -0.25) is 0 Å². The van der Waals surface area contributed by atoms with Crippen LogP contribution in [0, 0.1) is 18.0 Å². The van der Waals surface area contributed by atoms with E-state index >= 15 is 0 Å². The van der Waals surface area contributed by atoms with Gasteiger partial charge in [-0.1, -0.05) is 24.1 Å². The van der Waals surface area contributed by atoms with Crippen molar-refractivity contribution in [1.82, 2.24) is 20.0 Å². The van der Waals surface area contributed by atoms with E-state index in [-0.39, 0.29) is 0 Å². The average molecular weight is 247 g/mol. The highest BCUT2D eigenvalue weighted by Crippen LogP contribution is 2.06. The third-order valence-corrected chi connectivity index (χ3v) is 2.59. The third-order valence-electron chi connectivity index (χ3n) is 2.59. The van der Waals surface area contributed by atoms with Crippen molar-refractivity contribution in [2.75, 3.05) is 0 Å². The quantitative estimate of drug-likeness (QED) is 0.651. The van der Waals surface area contributed by atoms with Gasteiger partial charge in [0.15, 0.2) is 0 Å². The van der Waals surface area contributed by atoms with Gasteiger partial charge in [0.05, 0.1) is 12.7 Å². The number of fused-ring (bicyclic) bond motifs is 1. The van der Waals surface area contributed by atoms with Crippen molar-refractivity contribution in [3.8, 4) is 11.8 Å². The summed E-state index contributed by atoms with van der Waals surface area (Å²) in [5.41, 5.74) is 2.56. The molecule has 0 N–H and O–H groups in total. The van der Waals surface area contributed by atoms with Gasteiger partial charge in [0.2, 0.25) is 0 Å². The molecule has 2 heterocycles. The molecule has 0 saturated carbocycles. The average Bonchev–Trinajstić information content (AvgIpc) is 2.87. The molecule has 4 heteroatoms. The van der Waals surface area contributed by atoms with Crippen LogP contribution in [0.25, 0.3) is 11.0 Å². The number of pyridine rings is 1. The van der Waals surface area contributed by atoms with Gasteiger partial charge in [0, 0.05) is 6.42 Å². The molecule has 91 valence electrons. The van der Waals surface area contributed by atoms with Crippen LogP contribution in [-0.4, -0.2) is 20.0 Å². The summed E-state index contributed by atoms with van der Waals surface area (Å²) in [5.74, 6) is 6.05. The van der Waals surface area contributed by atoms with E-state index in [9.17, 15) is 0 Å². The fraction of sp³-hybridized carbons (Fsp3) is 0.133. The molecule has 4 nitrogen and oxygen atoms in total. The molecular weight excluding hydrogens is 236 g/mol. The number of nitrogens with zero attached hydrogens (tertiary/aromatic N) is 4. The zero-order chi connectivity index (χ0) is 12.9. The van der Waals surface area contributed by atoms with Crippen LogP contribution in [0.1, 0.15) is 12.1 Å². The molecular formula is C15H11N4. The molecule has 0 amide bonds. The highest BCUT2D eigenvalue weighted by Gasteiger charge is 1.99. The predicted molar refractivity (Wildman–Crippen MR) is 72.1 cm³/mol. The van der Waals surface area contributed by atoms with Crippen LogP contribution in [0.3, 0.4) is 0 Å². The summed E-state index contributed by atoms with van der Waals surface area (Å²) in [6, 6.07) is 13.3. The van der Waals surface area contributed by atoms with Crippen molar-refractivity contribution in [1.29, 1.82) is 0 Å². The summed E-state index contributed by atoms with van der Waals surface area (Å²) in [4.78, 5) is 5.71. The fourth-order valence-electron chi connectivity index (χ4n) is 1.71. The number of hydrogen-bond acceptors (Lipinski definition) is 3. The minimum Gasteiger partial charge on any atom is -0.238 e. The molecule has 1 radical (unpaired) electrons. The zero-order valence-electron chi connectivity index (χ0n) is 10.2. The predicted octanol–water partition coefficient (Wildman–Crippen LogP) is 2.07. The van der Waals surface area contributed by atoms with Crippen LogP contribution in [0.15, 0.2) is 42.5 Å². The van der Waals surface area contributed by atoms with Crippen LogP contribution < -0.4 is 0 Å². The van der Waals surface area contributed by atoms with Crippen molar-refractivity contribution < 1.29 is 0 Å². The maximum Gasteiger partial charge on any atom is 0.113 e. The van der Waals surface area contributed by atoms with Crippen molar-refractivity contribution >= 4 is 11.0 Å². The first-order chi connectivity index (χ1) is 9.42. The standard InChI is InChI=1S/C15H11N4/c1-2-10-15-14(9-1)17-19(18-15)12-6-4-8-13-7-3-5-11-16-13/h1-3,5,7,9-10H,6,12H2. The Kier molecular flexibility index (Phi) is 3.20. The molecule has 3 rings (SSSR count). The fourth-order valence-corrected chi connectivity index (χ4v) is 1.71. The molecule has 0 atom stereocenters. The molecule has 0 fully saturated rings. The van der Waals surface area contributed by atoms with Crippen molar-refractivity contribution in [2.24, 2.45) is 0 Å². The summed E-state index contributed by atoms with van der Waals surface area (Å²) >= 11 is 0. The molecule has 0 aliphatic heterocycles. The van der Waals surface area contributed by atoms with Crippen LogP contribution in [0.5, 0.6) is 0 Å². The van der Waals surface area contributed by atoms with Gasteiger partial charge in [0.25, 0.3) is 0 Å². The lowest BCUT2D eigenvalue weighted by Crippen LogP contribution is -2.01. The van der Waals surface area contributed by atoms with Crippen LogP contribution in [-0.2, 0) is 6.54 Å². The second kappa shape index (κ2) is 5.32. The lowest BCUT2D eigenvalue weighted by atomic mass is 10.3. The first-order valence-corrected chi connectivity index (χ1v) is 6.04. The maximum absolute atomic E-state index is 4.37. The van der Waals surface area contributed by atoms with Crippen LogP contribution >= 0.6 is 0 Å². The minimum absolute atomic E-state index is 0.679. The molecule has 1 aromatic carbocycles. The molecule has 0 aliphatic rings. The Labute approximate surface area is 111 Å². The number of benzene rings is 1. The van der Waals surface area contributed by atoms with Crippen molar-refractivity contribution in [3.05, 3.63) is 54.4 Å². The Morgan fingerprint density at radius 2 is 1.84 bits per heavy atom. The third kappa shape index (κ3) is 2.78. The van der Waals surface area contributed by atoms with E-state index in [1.807, 2.05) is 36.4 Å². The maximum atomic E-state index is 4.37. The highest BCUT2D eigenvalue weighted by atomic mass is 15.5. The normalized spacial score (nSPS) is 10.1. The zero-order valence-corrected chi connectivity index (χ0v) is 10.2. The first kappa shape index (κ1) is 11.4. The van der Waals surface area contributed by atoms with E-state index in [0.717, 1.165) is 16.7 Å². The lowest BCUT2D eigenvalue weighted by Gasteiger charge is -1.92. The Hall–Kier alpha value is -2.67. The largest absolute Gasteiger partial charge is 0.238 e. The van der Waals surface area contributed by atoms with Gasteiger partial charge >= 0.3 is 0 Å². The monoisotopic (exact) mass is 247 g/mol. The number of hydrogen-bond donors (Lipinski definition) is 0. The molecule has 3 aromatic rings. The SMILES string of the molecule is C(#Cc1ccc[c]n1)CCn1nc2ccccc2n1. The minimum atomic E-state index is 0.679. The Morgan fingerprint density at radius 1 is 1.05 bits per heavy atom. The van der Waals surface area contributed by atoms with E-state index in [0.29, 0.717) is 13.0 Å². The Morgan fingerprint density at radius 3 is 2.53 bits per heavy atom. The lowest BCUT2D eigenvalue weighted by molar-refractivity contribution is 0.555. The van der Waals surface area contributed by atoms with E-state index in [1.54, 1.807) is 10.9 Å². The van der Waals surface area contributed by atoms with Crippen LogP contribution in [0.4, 0.5) is 0 Å². The van der Waals surface area contributed by atoms with Crippen molar-refractivity contribution in [3.63, 3.8) is 0 Å². The van der Waals surface area contributed by atoms with E-state index in [2.05, 4.69) is 33.2 Å². The van der Waals surface area contributed by atoms with E-state index < -0.39 is 0 Å². The first-order valence-electron chi connectivity index (χ1n) is 6.04. The smallest absolute Gasteiger partial charge is 0.113 e. The number of aromatic nitrogens is 4. The highest BCUT2D eigenvalue weighted by molar-refractivity contribution is 5.72. The van der Waals surface area contributed by atoms with E-state index in [1.165, 1.54) is 0 Å². The number of rotatable bonds is 2. The van der Waals surface area contributed by atoms with Crippen LogP contribution in [0.2, 0.25) is 0 Å². The van der Waals surface area contributed by atoms with Gasteiger partial charge in [-0.15, -0.1) is 0 Å². The molecule has 19 heavy (non-hydrogen) atoms. The molecule has 0 unspecified atom stereocenters. The van der Waals surface area contributed by atoms with Gasteiger partial charge in [-0.05, 0) is 30.2 Å². The Bertz CT molecular complexity index is 702. The molecule has 0 saturated heterocycles. The van der Waals surface area contributed by atoms with Crippen molar-refractivity contribution in [2.45, 2.75) is 13.0 Å². The number of aryl methyl sites for hydroxylation is 1.